The maximum absolute atomic E-state index is 12.4. The first kappa shape index (κ1) is 16.6. The van der Waals surface area contributed by atoms with E-state index in [1.54, 1.807) is 11.3 Å². The lowest BCUT2D eigenvalue weighted by Crippen LogP contribution is -3.08. The Balaban J connectivity index is 1.40. The van der Waals surface area contributed by atoms with Crippen LogP contribution < -0.4 is 15.5 Å². The summed E-state index contributed by atoms with van der Waals surface area (Å²) in [5.41, 5.74) is 1.91. The molecule has 3 N–H and O–H groups in total. The second-order valence-corrected chi connectivity index (χ2v) is 8.70. The largest absolute Gasteiger partial charge is 0.333 e. The third-order valence-electron chi connectivity index (χ3n) is 4.35. The van der Waals surface area contributed by atoms with Gasteiger partial charge in [-0.2, -0.15) is 0 Å². The molecular weight excluding hydrogens is 356 g/mol. The molecule has 0 saturated carbocycles. The Hall–Kier alpha value is -1.90. The van der Waals surface area contributed by atoms with Crippen molar-refractivity contribution in [2.75, 3.05) is 24.2 Å². The van der Waals surface area contributed by atoms with Gasteiger partial charge in [-0.05, 0) is 12.1 Å². The van der Waals surface area contributed by atoms with Gasteiger partial charge in [-0.25, -0.2) is 4.98 Å². The molecule has 3 heterocycles. The average molecular weight is 375 g/mol. The summed E-state index contributed by atoms with van der Waals surface area (Å²) in [7, 11) is 2.16. The molecule has 8 heteroatoms. The van der Waals surface area contributed by atoms with E-state index >= 15 is 0 Å². The first-order valence-corrected chi connectivity index (χ1v) is 9.94. The van der Waals surface area contributed by atoms with Gasteiger partial charge in [0.1, 0.15) is 6.54 Å². The number of thiazole rings is 1. The van der Waals surface area contributed by atoms with E-state index in [0.29, 0.717) is 5.13 Å². The standard InChI is InChI=1S/C17H18N4O2S2/c1-21-7-6-11-14(9-21)25-17(19-11)20-15(22)8-13-16(23)18-10-4-2-3-5-12(10)24-13/h2-5,13H,6-9H2,1H3,(H,18,23)(H,19,20,22)/p+1/t13-/m1/s1. The molecule has 4 rings (SSSR count). The molecule has 0 saturated heterocycles. The summed E-state index contributed by atoms with van der Waals surface area (Å²) in [6.07, 6.45) is 1.09. The minimum absolute atomic E-state index is 0.123. The number of nitrogens with one attached hydrogen (secondary N) is 3. The van der Waals surface area contributed by atoms with E-state index in [1.807, 2.05) is 24.3 Å². The monoisotopic (exact) mass is 375 g/mol. The van der Waals surface area contributed by atoms with Gasteiger partial charge in [0.15, 0.2) is 5.13 Å². The number of aromatic nitrogens is 1. The van der Waals surface area contributed by atoms with Gasteiger partial charge in [0.2, 0.25) is 11.8 Å². The van der Waals surface area contributed by atoms with Gasteiger partial charge in [0.05, 0.1) is 35.1 Å². The molecule has 0 bridgehead atoms. The van der Waals surface area contributed by atoms with Crippen LogP contribution in [0.3, 0.4) is 0 Å². The molecule has 0 aliphatic carbocycles. The molecule has 2 aliphatic heterocycles. The van der Waals surface area contributed by atoms with E-state index in [-0.39, 0.29) is 18.2 Å². The topological polar surface area (TPSA) is 75.5 Å². The fourth-order valence-corrected chi connectivity index (χ4v) is 5.28. The second kappa shape index (κ2) is 6.78. The Kier molecular flexibility index (Phi) is 4.49. The smallest absolute Gasteiger partial charge is 0.238 e. The molecule has 0 spiro atoms. The number of quaternary nitrogens is 1. The third kappa shape index (κ3) is 3.56. The summed E-state index contributed by atoms with van der Waals surface area (Å²) in [5, 5.41) is 5.97. The first-order valence-electron chi connectivity index (χ1n) is 8.25. The van der Waals surface area contributed by atoms with E-state index < -0.39 is 5.25 Å². The van der Waals surface area contributed by atoms with Crippen LogP contribution in [0.5, 0.6) is 0 Å². The van der Waals surface area contributed by atoms with Crippen molar-refractivity contribution >= 4 is 45.7 Å². The summed E-state index contributed by atoms with van der Waals surface area (Å²) >= 11 is 2.99. The average Bonchev–Trinajstić information content (AvgIpc) is 2.96. The van der Waals surface area contributed by atoms with E-state index in [9.17, 15) is 9.59 Å². The highest BCUT2D eigenvalue weighted by molar-refractivity contribution is 8.01. The lowest BCUT2D eigenvalue weighted by Gasteiger charge is -2.23. The van der Waals surface area contributed by atoms with E-state index in [4.69, 9.17) is 0 Å². The van der Waals surface area contributed by atoms with Gasteiger partial charge in [0, 0.05) is 17.7 Å². The number of rotatable bonds is 3. The first-order chi connectivity index (χ1) is 12.1. The number of nitrogens with zero attached hydrogens (tertiary/aromatic N) is 1. The molecule has 0 fully saturated rings. The van der Waals surface area contributed by atoms with Crippen LogP contribution in [-0.2, 0) is 22.6 Å². The number of para-hydroxylation sites is 1. The molecule has 130 valence electrons. The maximum atomic E-state index is 12.4. The Morgan fingerprint density at radius 2 is 2.28 bits per heavy atom. The van der Waals surface area contributed by atoms with Crippen LogP contribution in [-0.4, -0.2) is 35.6 Å². The third-order valence-corrected chi connectivity index (χ3v) is 6.64. The maximum Gasteiger partial charge on any atom is 0.238 e. The van der Waals surface area contributed by atoms with Gasteiger partial charge in [-0.15, -0.1) is 11.8 Å². The molecule has 25 heavy (non-hydrogen) atoms. The van der Waals surface area contributed by atoms with Gasteiger partial charge < -0.3 is 15.5 Å². The van der Waals surface area contributed by atoms with Crippen LogP contribution >= 0.6 is 23.1 Å². The van der Waals surface area contributed by atoms with Crippen molar-refractivity contribution < 1.29 is 14.5 Å². The molecule has 2 amide bonds. The Morgan fingerprint density at radius 3 is 3.16 bits per heavy atom. The summed E-state index contributed by atoms with van der Waals surface area (Å²) < 4.78 is 0. The lowest BCUT2D eigenvalue weighted by molar-refractivity contribution is -0.895. The van der Waals surface area contributed by atoms with E-state index in [0.717, 1.165) is 35.8 Å². The molecule has 2 atom stereocenters. The Morgan fingerprint density at radius 1 is 1.44 bits per heavy atom. The normalized spacial score (nSPS) is 21.9. The molecular formula is C17H19N4O2S2+. The molecule has 6 nitrogen and oxygen atoms in total. The molecule has 1 unspecified atom stereocenters. The number of carbonyl (C=O) groups is 2. The van der Waals surface area contributed by atoms with Crippen LogP contribution in [0, 0.1) is 0 Å². The SMILES string of the molecule is C[NH+]1CCc2nc(NC(=O)C[C@H]3Sc4ccccc4NC3=O)sc2C1. The van der Waals surface area contributed by atoms with Crippen LogP contribution in [0.25, 0.3) is 0 Å². The zero-order valence-electron chi connectivity index (χ0n) is 13.8. The highest BCUT2D eigenvalue weighted by Crippen LogP contribution is 2.36. The van der Waals surface area contributed by atoms with Gasteiger partial charge >= 0.3 is 0 Å². The highest BCUT2D eigenvalue weighted by Gasteiger charge is 2.29. The van der Waals surface area contributed by atoms with Crippen LogP contribution in [0.1, 0.15) is 17.0 Å². The molecule has 1 aromatic carbocycles. The van der Waals surface area contributed by atoms with Crippen molar-refractivity contribution in [3.05, 3.63) is 34.8 Å². The Bertz CT molecular complexity index is 836. The summed E-state index contributed by atoms with van der Waals surface area (Å²) in [6.45, 7) is 2.03. The van der Waals surface area contributed by atoms with Crippen LogP contribution in [0.4, 0.5) is 10.8 Å². The number of anilines is 2. The number of hydrogen-bond acceptors (Lipinski definition) is 5. The molecule has 0 radical (unpaired) electrons. The summed E-state index contributed by atoms with van der Waals surface area (Å²) in [6, 6.07) is 7.64. The van der Waals surface area contributed by atoms with Crippen molar-refractivity contribution in [3.8, 4) is 0 Å². The van der Waals surface area contributed by atoms with Crippen molar-refractivity contribution in [3.63, 3.8) is 0 Å². The van der Waals surface area contributed by atoms with Gasteiger partial charge in [-0.3, -0.25) is 9.59 Å². The summed E-state index contributed by atoms with van der Waals surface area (Å²) in [4.78, 5) is 32.8. The van der Waals surface area contributed by atoms with E-state index in [1.165, 1.54) is 21.5 Å². The minimum Gasteiger partial charge on any atom is -0.333 e. The number of hydrogen-bond donors (Lipinski definition) is 3. The number of amides is 2. The predicted molar refractivity (Wildman–Crippen MR) is 99.2 cm³/mol. The number of likely N-dealkylation sites (N-methyl/N-ethyl adjacent to an activating group) is 1. The van der Waals surface area contributed by atoms with Gasteiger partial charge in [-0.1, -0.05) is 23.5 Å². The molecule has 2 aliphatic rings. The number of benzene rings is 1. The zero-order chi connectivity index (χ0) is 17.4. The van der Waals surface area contributed by atoms with Crippen molar-refractivity contribution in [1.82, 2.24) is 4.98 Å². The number of fused-ring (bicyclic) bond motifs is 2. The Labute approximate surface area is 154 Å². The summed E-state index contributed by atoms with van der Waals surface area (Å²) in [5.74, 6) is -0.290. The second-order valence-electron chi connectivity index (χ2n) is 6.37. The molecule has 1 aromatic heterocycles. The fraction of sp³-hybridized carbons (Fsp3) is 0.353. The van der Waals surface area contributed by atoms with Crippen LogP contribution in [0.2, 0.25) is 0 Å². The van der Waals surface area contributed by atoms with Gasteiger partial charge in [0.25, 0.3) is 0 Å². The number of carbonyl (C=O) groups excluding carboxylic acids is 2. The predicted octanol–water partition coefficient (Wildman–Crippen LogP) is 1.16. The highest BCUT2D eigenvalue weighted by atomic mass is 32.2. The molecule has 2 aromatic rings. The van der Waals surface area contributed by atoms with E-state index in [2.05, 4.69) is 22.7 Å². The zero-order valence-corrected chi connectivity index (χ0v) is 15.4. The fourth-order valence-electron chi connectivity index (χ4n) is 3.03. The quantitative estimate of drug-likeness (QED) is 0.752. The van der Waals surface area contributed by atoms with Crippen molar-refractivity contribution in [2.45, 2.75) is 29.5 Å². The van der Waals surface area contributed by atoms with Crippen molar-refractivity contribution in [1.29, 1.82) is 0 Å². The van der Waals surface area contributed by atoms with Crippen molar-refractivity contribution in [2.24, 2.45) is 0 Å². The van der Waals surface area contributed by atoms with Crippen LogP contribution in [0.15, 0.2) is 29.2 Å². The lowest BCUT2D eigenvalue weighted by atomic mass is 10.2. The minimum atomic E-state index is -0.417. The number of thioether (sulfide) groups is 1.